The van der Waals surface area contributed by atoms with Crippen LogP contribution in [0.1, 0.15) is 16.8 Å². The van der Waals surface area contributed by atoms with Crippen molar-refractivity contribution in [2.24, 2.45) is 0 Å². The fourth-order valence-corrected chi connectivity index (χ4v) is 2.86. The first-order valence-electron chi connectivity index (χ1n) is 8.09. The molecular weight excluding hydrogens is 356 g/mol. The van der Waals surface area contributed by atoms with Crippen LogP contribution < -0.4 is 10.5 Å². The Bertz CT molecular complexity index is 867. The summed E-state index contributed by atoms with van der Waals surface area (Å²) in [5, 5.41) is 22.0. The Morgan fingerprint density at radius 2 is 1.67 bits per heavy atom. The topological polar surface area (TPSA) is 142 Å². The van der Waals surface area contributed by atoms with Crippen LogP contribution in [0.5, 0.6) is 5.75 Å². The van der Waals surface area contributed by atoms with Crippen molar-refractivity contribution in [3.8, 4) is 5.75 Å². The summed E-state index contributed by atoms with van der Waals surface area (Å²) >= 11 is 0. The number of nitro groups is 2. The summed E-state index contributed by atoms with van der Waals surface area (Å²) in [6.45, 7) is 0.661. The van der Waals surface area contributed by atoms with E-state index in [2.05, 4.69) is 0 Å². The molecule has 0 bridgehead atoms. The van der Waals surface area contributed by atoms with E-state index in [0.29, 0.717) is 24.4 Å². The molecule has 27 heavy (non-hydrogen) atoms. The van der Waals surface area contributed by atoms with Gasteiger partial charge in [-0.05, 0) is 24.3 Å². The van der Waals surface area contributed by atoms with Gasteiger partial charge in [0.15, 0.2) is 0 Å². The van der Waals surface area contributed by atoms with Crippen molar-refractivity contribution < 1.29 is 19.4 Å². The molecule has 1 heterocycles. The maximum atomic E-state index is 12.6. The van der Waals surface area contributed by atoms with Gasteiger partial charge in [-0.1, -0.05) is 0 Å². The van der Waals surface area contributed by atoms with Crippen molar-refractivity contribution in [3.63, 3.8) is 0 Å². The van der Waals surface area contributed by atoms with Crippen LogP contribution in [-0.4, -0.2) is 39.8 Å². The van der Waals surface area contributed by atoms with Crippen molar-refractivity contribution in [3.05, 3.63) is 68.3 Å². The number of non-ortho nitro benzene ring substituents is 2. The second-order valence-electron chi connectivity index (χ2n) is 6.10. The summed E-state index contributed by atoms with van der Waals surface area (Å²) in [6, 6.07) is 9.78. The van der Waals surface area contributed by atoms with Gasteiger partial charge in [-0.25, -0.2) is 0 Å². The third-order valence-electron chi connectivity index (χ3n) is 4.19. The molecule has 0 spiro atoms. The van der Waals surface area contributed by atoms with E-state index < -0.39 is 27.1 Å². The van der Waals surface area contributed by atoms with Gasteiger partial charge in [0.25, 0.3) is 17.3 Å². The molecular formula is C17H16N4O6. The van der Waals surface area contributed by atoms with E-state index >= 15 is 0 Å². The van der Waals surface area contributed by atoms with Gasteiger partial charge in [0, 0.05) is 30.8 Å². The molecule has 10 heteroatoms. The second-order valence-corrected chi connectivity index (χ2v) is 6.10. The summed E-state index contributed by atoms with van der Waals surface area (Å²) < 4.78 is 5.80. The van der Waals surface area contributed by atoms with Crippen LogP contribution in [0.25, 0.3) is 0 Å². The molecule has 1 fully saturated rings. The Kier molecular flexibility index (Phi) is 4.88. The first kappa shape index (κ1) is 18.1. The normalized spacial score (nSPS) is 16.1. The number of hydrogen-bond acceptors (Lipinski definition) is 7. The van der Waals surface area contributed by atoms with Crippen LogP contribution in [0, 0.1) is 20.2 Å². The Morgan fingerprint density at radius 1 is 1.07 bits per heavy atom. The predicted octanol–water partition coefficient (Wildman–Crippen LogP) is 2.38. The highest BCUT2D eigenvalue weighted by atomic mass is 16.6. The van der Waals surface area contributed by atoms with Gasteiger partial charge < -0.3 is 15.4 Å². The van der Waals surface area contributed by atoms with E-state index in [0.717, 1.165) is 18.2 Å². The van der Waals surface area contributed by atoms with Crippen molar-refractivity contribution >= 4 is 23.0 Å². The zero-order chi connectivity index (χ0) is 19.6. The van der Waals surface area contributed by atoms with E-state index in [1.165, 1.54) is 4.90 Å². The number of benzene rings is 2. The Hall–Kier alpha value is -3.69. The average Bonchev–Trinajstić information content (AvgIpc) is 3.11. The molecule has 1 aliphatic rings. The van der Waals surface area contributed by atoms with E-state index in [1.807, 2.05) is 0 Å². The summed E-state index contributed by atoms with van der Waals surface area (Å²) in [7, 11) is 0. The van der Waals surface area contributed by atoms with Gasteiger partial charge in [0.1, 0.15) is 11.9 Å². The fourth-order valence-electron chi connectivity index (χ4n) is 2.86. The average molecular weight is 372 g/mol. The molecule has 0 aromatic heterocycles. The molecule has 0 aliphatic carbocycles. The van der Waals surface area contributed by atoms with Gasteiger partial charge in [-0.2, -0.15) is 0 Å². The van der Waals surface area contributed by atoms with Gasteiger partial charge in [-0.15, -0.1) is 0 Å². The number of carbonyl (C=O) groups is 1. The van der Waals surface area contributed by atoms with Crippen molar-refractivity contribution in [2.75, 3.05) is 18.8 Å². The molecule has 1 amide bonds. The second kappa shape index (κ2) is 7.28. The lowest BCUT2D eigenvalue weighted by Crippen LogP contribution is -2.31. The highest BCUT2D eigenvalue weighted by Crippen LogP contribution is 2.26. The van der Waals surface area contributed by atoms with Crippen molar-refractivity contribution in [2.45, 2.75) is 12.5 Å². The maximum Gasteiger partial charge on any atom is 0.277 e. The molecule has 0 saturated carbocycles. The first-order chi connectivity index (χ1) is 12.8. The minimum atomic E-state index is -0.763. The van der Waals surface area contributed by atoms with E-state index in [9.17, 15) is 25.0 Å². The molecule has 10 nitrogen and oxygen atoms in total. The number of anilines is 1. The quantitative estimate of drug-likeness (QED) is 0.482. The number of likely N-dealkylation sites (tertiary alicyclic amines) is 1. The number of nitrogens with zero attached hydrogens (tertiary/aromatic N) is 3. The fraction of sp³-hybridized carbons (Fsp3) is 0.235. The number of nitrogen functional groups attached to an aromatic ring is 1. The SMILES string of the molecule is Nc1ccc(O[C@H]2CCN(C(=O)c3cc([N+](=O)[O-])cc([N+](=O)[O-])c3)C2)cc1. The molecule has 2 N–H and O–H groups in total. The van der Waals surface area contributed by atoms with Crippen LogP contribution in [0.15, 0.2) is 42.5 Å². The van der Waals surface area contributed by atoms with Crippen molar-refractivity contribution in [1.29, 1.82) is 0 Å². The molecule has 0 radical (unpaired) electrons. The summed E-state index contributed by atoms with van der Waals surface area (Å²) in [5.74, 6) is 0.111. The Labute approximate surface area is 153 Å². The summed E-state index contributed by atoms with van der Waals surface area (Å²) in [6.07, 6.45) is 0.332. The molecule has 2 aromatic rings. The monoisotopic (exact) mass is 372 g/mol. The van der Waals surface area contributed by atoms with Crippen LogP contribution in [-0.2, 0) is 0 Å². The van der Waals surface area contributed by atoms with Crippen molar-refractivity contribution in [1.82, 2.24) is 4.90 Å². The molecule has 1 saturated heterocycles. The third-order valence-corrected chi connectivity index (χ3v) is 4.19. The van der Waals surface area contributed by atoms with Crippen LogP contribution in [0.4, 0.5) is 17.1 Å². The molecule has 1 aliphatic heterocycles. The summed E-state index contributed by atoms with van der Waals surface area (Å²) in [4.78, 5) is 34.5. The number of amides is 1. The number of ether oxygens (including phenoxy) is 1. The lowest BCUT2D eigenvalue weighted by Gasteiger charge is -2.17. The first-order valence-corrected chi connectivity index (χ1v) is 8.09. The minimum Gasteiger partial charge on any atom is -0.489 e. The number of nitro benzene ring substituents is 2. The largest absolute Gasteiger partial charge is 0.489 e. The molecule has 140 valence electrons. The van der Waals surface area contributed by atoms with Crippen LogP contribution >= 0.6 is 0 Å². The highest BCUT2D eigenvalue weighted by Gasteiger charge is 2.30. The lowest BCUT2D eigenvalue weighted by molar-refractivity contribution is -0.394. The van der Waals surface area contributed by atoms with Gasteiger partial charge in [0.05, 0.1) is 28.0 Å². The molecule has 1 atom stereocenters. The maximum absolute atomic E-state index is 12.6. The Morgan fingerprint density at radius 3 is 2.22 bits per heavy atom. The smallest absolute Gasteiger partial charge is 0.277 e. The standard InChI is InChI=1S/C17H16N4O6/c18-12-1-3-15(4-2-12)27-16-5-6-19(10-16)17(22)11-7-13(20(23)24)9-14(8-11)21(25)26/h1-4,7-9,16H,5-6,10,18H2/t16-/m0/s1. The number of rotatable bonds is 5. The van der Waals surface area contributed by atoms with E-state index in [1.54, 1.807) is 24.3 Å². The molecule has 3 rings (SSSR count). The summed E-state index contributed by atoms with van der Waals surface area (Å²) in [5.41, 5.74) is 5.14. The Balaban J connectivity index is 1.74. The minimum absolute atomic E-state index is 0.0935. The zero-order valence-electron chi connectivity index (χ0n) is 14.1. The zero-order valence-corrected chi connectivity index (χ0v) is 14.1. The third kappa shape index (κ3) is 4.11. The van der Waals surface area contributed by atoms with E-state index in [4.69, 9.17) is 10.5 Å². The van der Waals surface area contributed by atoms with Crippen LogP contribution in [0.2, 0.25) is 0 Å². The van der Waals surface area contributed by atoms with Gasteiger partial charge in [0.2, 0.25) is 0 Å². The molecule has 2 aromatic carbocycles. The van der Waals surface area contributed by atoms with Gasteiger partial charge in [-0.3, -0.25) is 25.0 Å². The lowest BCUT2D eigenvalue weighted by atomic mass is 10.1. The predicted molar refractivity (Wildman–Crippen MR) is 95.5 cm³/mol. The molecule has 0 unspecified atom stereocenters. The number of hydrogen-bond donors (Lipinski definition) is 1. The highest BCUT2D eigenvalue weighted by molar-refractivity contribution is 5.95. The number of carbonyl (C=O) groups excluding carboxylic acids is 1. The van der Waals surface area contributed by atoms with Gasteiger partial charge >= 0.3 is 0 Å². The van der Waals surface area contributed by atoms with Crippen LogP contribution in [0.3, 0.4) is 0 Å². The number of nitrogens with two attached hydrogens (primary N) is 1. The van der Waals surface area contributed by atoms with E-state index in [-0.39, 0.29) is 18.2 Å².